The Balaban J connectivity index is 0.00000364. The third kappa shape index (κ3) is 7.10. The lowest BCUT2D eigenvalue weighted by molar-refractivity contribution is 0.0957. The zero-order valence-corrected chi connectivity index (χ0v) is 19.8. The Bertz CT molecular complexity index is 799. The maximum atomic E-state index is 12.0. The molecule has 1 heterocycles. The summed E-state index contributed by atoms with van der Waals surface area (Å²) in [6.45, 7) is 4.80. The standard InChI is InChI=1S/C17H21Cl2N5OS.HI/c1-10(13-5-4-12(18)8-14(13)19)24-17(20-3)22-7-6-21-16(25)15-11(2)23-9-26-15;/h4-5,8-10H,6-7H2,1-3H3,(H,21,25)(H2,20,22,24);1H. The number of nitrogens with zero attached hydrogens (tertiary/aromatic N) is 2. The number of aliphatic imine (C=N–C) groups is 1. The Morgan fingerprint density at radius 1 is 1.30 bits per heavy atom. The number of thiazole rings is 1. The normalized spacial score (nSPS) is 12.1. The Morgan fingerprint density at radius 2 is 2.00 bits per heavy atom. The first-order valence-electron chi connectivity index (χ1n) is 8.02. The molecular formula is C17H22Cl2IN5OS. The van der Waals surface area contributed by atoms with E-state index >= 15 is 0 Å². The van der Waals surface area contributed by atoms with Crippen molar-refractivity contribution in [3.63, 3.8) is 0 Å². The molecule has 0 radical (unpaired) electrons. The van der Waals surface area contributed by atoms with Crippen LogP contribution in [0.2, 0.25) is 10.0 Å². The number of carbonyl (C=O) groups is 1. The number of carbonyl (C=O) groups excluding carboxylic acids is 1. The van der Waals surface area contributed by atoms with E-state index in [1.54, 1.807) is 24.7 Å². The van der Waals surface area contributed by atoms with Crippen LogP contribution in [0, 0.1) is 6.92 Å². The van der Waals surface area contributed by atoms with E-state index in [1.807, 2.05) is 19.9 Å². The van der Waals surface area contributed by atoms with Crippen molar-refractivity contribution in [1.82, 2.24) is 20.9 Å². The third-order valence-corrected chi connectivity index (χ3v) is 5.15. The number of benzene rings is 1. The molecule has 0 bridgehead atoms. The van der Waals surface area contributed by atoms with Gasteiger partial charge in [-0.25, -0.2) is 4.98 Å². The Kier molecular flexibility index (Phi) is 10.4. The van der Waals surface area contributed by atoms with Crippen LogP contribution in [0.15, 0.2) is 28.7 Å². The van der Waals surface area contributed by atoms with E-state index in [0.717, 1.165) is 11.3 Å². The highest BCUT2D eigenvalue weighted by Crippen LogP contribution is 2.25. The average molecular weight is 542 g/mol. The Morgan fingerprint density at radius 3 is 2.59 bits per heavy atom. The van der Waals surface area contributed by atoms with Crippen molar-refractivity contribution in [3.8, 4) is 0 Å². The summed E-state index contributed by atoms with van der Waals surface area (Å²) < 4.78 is 0. The molecular weight excluding hydrogens is 520 g/mol. The molecule has 148 valence electrons. The van der Waals surface area contributed by atoms with Gasteiger partial charge in [0.15, 0.2) is 5.96 Å². The van der Waals surface area contributed by atoms with Crippen molar-refractivity contribution in [2.45, 2.75) is 19.9 Å². The molecule has 27 heavy (non-hydrogen) atoms. The number of halogens is 3. The number of rotatable bonds is 6. The average Bonchev–Trinajstić information content (AvgIpc) is 3.03. The van der Waals surface area contributed by atoms with Gasteiger partial charge in [-0.3, -0.25) is 9.79 Å². The highest BCUT2D eigenvalue weighted by atomic mass is 127. The molecule has 2 rings (SSSR count). The predicted octanol–water partition coefficient (Wildman–Crippen LogP) is 4.03. The van der Waals surface area contributed by atoms with Crippen molar-refractivity contribution in [3.05, 3.63) is 49.9 Å². The first-order valence-corrected chi connectivity index (χ1v) is 9.66. The lowest BCUT2D eigenvalue weighted by atomic mass is 10.1. The molecule has 1 aromatic carbocycles. The molecule has 0 saturated heterocycles. The van der Waals surface area contributed by atoms with Crippen LogP contribution in [0.1, 0.15) is 33.9 Å². The number of guanidine groups is 1. The molecule has 0 fully saturated rings. The van der Waals surface area contributed by atoms with Gasteiger partial charge in [0, 0.05) is 30.2 Å². The van der Waals surface area contributed by atoms with E-state index in [4.69, 9.17) is 23.2 Å². The van der Waals surface area contributed by atoms with Crippen LogP contribution in [0.25, 0.3) is 0 Å². The number of aromatic nitrogens is 1. The van der Waals surface area contributed by atoms with Gasteiger partial charge >= 0.3 is 0 Å². The topological polar surface area (TPSA) is 78.4 Å². The smallest absolute Gasteiger partial charge is 0.263 e. The van der Waals surface area contributed by atoms with Crippen molar-refractivity contribution in [2.24, 2.45) is 4.99 Å². The number of aryl methyl sites for hydroxylation is 1. The van der Waals surface area contributed by atoms with Crippen LogP contribution in [-0.4, -0.2) is 37.0 Å². The van der Waals surface area contributed by atoms with Crippen molar-refractivity contribution < 1.29 is 4.79 Å². The molecule has 10 heteroatoms. The van der Waals surface area contributed by atoms with Gasteiger partial charge in [0.1, 0.15) is 4.88 Å². The highest BCUT2D eigenvalue weighted by molar-refractivity contribution is 14.0. The second-order valence-corrected chi connectivity index (χ2v) is 7.25. The van der Waals surface area contributed by atoms with Gasteiger partial charge in [-0.2, -0.15) is 0 Å². The highest BCUT2D eigenvalue weighted by Gasteiger charge is 2.13. The van der Waals surface area contributed by atoms with Crippen LogP contribution in [-0.2, 0) is 0 Å². The quantitative estimate of drug-likeness (QED) is 0.223. The molecule has 1 atom stereocenters. The second kappa shape index (κ2) is 11.7. The molecule has 1 aromatic heterocycles. The molecule has 0 saturated carbocycles. The largest absolute Gasteiger partial charge is 0.355 e. The zero-order valence-electron chi connectivity index (χ0n) is 15.2. The molecule has 1 amide bonds. The number of hydrogen-bond acceptors (Lipinski definition) is 4. The van der Waals surface area contributed by atoms with Gasteiger partial charge < -0.3 is 16.0 Å². The summed E-state index contributed by atoms with van der Waals surface area (Å²) in [5.41, 5.74) is 3.33. The number of nitrogens with one attached hydrogen (secondary N) is 3. The van der Waals surface area contributed by atoms with E-state index in [2.05, 4.69) is 25.9 Å². The lowest BCUT2D eigenvalue weighted by Gasteiger charge is -2.19. The first kappa shape index (κ1) is 23.9. The van der Waals surface area contributed by atoms with Crippen molar-refractivity contribution in [2.75, 3.05) is 20.1 Å². The summed E-state index contributed by atoms with van der Waals surface area (Å²) >= 11 is 13.5. The van der Waals surface area contributed by atoms with E-state index in [0.29, 0.717) is 34.0 Å². The molecule has 3 N–H and O–H groups in total. The summed E-state index contributed by atoms with van der Waals surface area (Å²) in [4.78, 5) is 20.9. The minimum absolute atomic E-state index is 0. The second-order valence-electron chi connectivity index (χ2n) is 5.55. The van der Waals surface area contributed by atoms with E-state index in [-0.39, 0.29) is 35.9 Å². The van der Waals surface area contributed by atoms with Crippen LogP contribution < -0.4 is 16.0 Å². The van der Waals surface area contributed by atoms with Gasteiger partial charge in [-0.15, -0.1) is 35.3 Å². The number of amides is 1. The Hall–Kier alpha value is -1.10. The van der Waals surface area contributed by atoms with E-state index in [9.17, 15) is 4.79 Å². The summed E-state index contributed by atoms with van der Waals surface area (Å²) in [6, 6.07) is 5.34. The summed E-state index contributed by atoms with van der Waals surface area (Å²) in [5.74, 6) is 0.503. The van der Waals surface area contributed by atoms with Gasteiger partial charge in [0.05, 0.1) is 17.2 Å². The van der Waals surface area contributed by atoms with Crippen LogP contribution in [0.5, 0.6) is 0 Å². The van der Waals surface area contributed by atoms with E-state index < -0.39 is 0 Å². The van der Waals surface area contributed by atoms with Crippen LogP contribution >= 0.6 is 58.5 Å². The summed E-state index contributed by atoms with van der Waals surface area (Å²) in [6.07, 6.45) is 0. The van der Waals surface area contributed by atoms with E-state index in [1.165, 1.54) is 11.3 Å². The monoisotopic (exact) mass is 541 g/mol. The van der Waals surface area contributed by atoms with Gasteiger partial charge in [-0.05, 0) is 31.5 Å². The molecule has 0 aliphatic carbocycles. The molecule has 1 unspecified atom stereocenters. The fraction of sp³-hybridized carbons (Fsp3) is 0.353. The van der Waals surface area contributed by atoms with Crippen LogP contribution in [0.4, 0.5) is 0 Å². The van der Waals surface area contributed by atoms with Crippen LogP contribution in [0.3, 0.4) is 0 Å². The fourth-order valence-electron chi connectivity index (χ4n) is 2.29. The van der Waals surface area contributed by atoms with Crippen molar-refractivity contribution in [1.29, 1.82) is 0 Å². The molecule has 6 nitrogen and oxygen atoms in total. The number of hydrogen-bond donors (Lipinski definition) is 3. The van der Waals surface area contributed by atoms with Gasteiger partial charge in [0.25, 0.3) is 5.91 Å². The van der Waals surface area contributed by atoms with Gasteiger partial charge in [0.2, 0.25) is 0 Å². The maximum Gasteiger partial charge on any atom is 0.263 e. The third-order valence-electron chi connectivity index (χ3n) is 3.66. The maximum absolute atomic E-state index is 12.0. The summed E-state index contributed by atoms with van der Waals surface area (Å²) in [5, 5.41) is 10.5. The zero-order chi connectivity index (χ0) is 19.1. The SMILES string of the molecule is CN=C(NCCNC(=O)c1scnc1C)NC(C)c1ccc(Cl)cc1Cl.I. The van der Waals surface area contributed by atoms with Crippen molar-refractivity contribution >= 4 is 70.4 Å². The first-order chi connectivity index (χ1) is 12.4. The molecule has 0 aliphatic rings. The lowest BCUT2D eigenvalue weighted by Crippen LogP contribution is -2.42. The minimum Gasteiger partial charge on any atom is -0.355 e. The fourth-order valence-corrected chi connectivity index (χ4v) is 3.58. The molecule has 0 aliphatic heterocycles. The predicted molar refractivity (Wildman–Crippen MR) is 124 cm³/mol. The molecule has 2 aromatic rings. The summed E-state index contributed by atoms with van der Waals surface area (Å²) in [7, 11) is 1.69. The minimum atomic E-state index is -0.115. The Labute approximate surface area is 190 Å². The van der Waals surface area contributed by atoms with Gasteiger partial charge in [-0.1, -0.05) is 29.3 Å². The molecule has 0 spiro atoms.